The van der Waals surface area contributed by atoms with Crippen molar-refractivity contribution in [1.29, 1.82) is 0 Å². The molecule has 0 spiro atoms. The molecule has 1 fully saturated rings. The lowest BCUT2D eigenvalue weighted by molar-refractivity contribution is 0.273. The summed E-state index contributed by atoms with van der Waals surface area (Å²) >= 11 is 0. The van der Waals surface area contributed by atoms with E-state index in [1.54, 1.807) is 0 Å². The monoisotopic (exact) mass is 226 g/mol. The molecule has 96 valence electrons. The summed E-state index contributed by atoms with van der Waals surface area (Å²) in [6, 6.07) is 0. The summed E-state index contributed by atoms with van der Waals surface area (Å²) in [5.41, 5.74) is 5.82. The van der Waals surface area contributed by atoms with Crippen molar-refractivity contribution in [3.05, 3.63) is 0 Å². The van der Waals surface area contributed by atoms with Crippen molar-refractivity contribution < 1.29 is 0 Å². The average molecular weight is 226 g/mol. The molecular weight excluding hydrogens is 196 g/mol. The molecule has 2 heteroatoms. The first-order chi connectivity index (χ1) is 7.52. The maximum Gasteiger partial charge on any atom is 0.000926 e. The minimum atomic E-state index is 0.721. The van der Waals surface area contributed by atoms with E-state index >= 15 is 0 Å². The van der Waals surface area contributed by atoms with Gasteiger partial charge in [0.05, 0.1) is 0 Å². The van der Waals surface area contributed by atoms with Crippen LogP contribution in [0, 0.1) is 23.7 Å². The van der Waals surface area contributed by atoms with E-state index in [1.165, 1.54) is 32.4 Å². The third-order valence-electron chi connectivity index (χ3n) is 3.88. The third kappa shape index (κ3) is 5.31. The molecular formula is C14H30N2. The summed E-state index contributed by atoms with van der Waals surface area (Å²) in [6.45, 7) is 10.3. The first kappa shape index (κ1) is 14.0. The molecule has 3 atom stereocenters. The number of hydrogen-bond donors (Lipinski definition) is 1. The van der Waals surface area contributed by atoms with Crippen LogP contribution in [-0.4, -0.2) is 31.6 Å². The maximum absolute atomic E-state index is 5.82. The maximum atomic E-state index is 5.82. The summed E-state index contributed by atoms with van der Waals surface area (Å²) in [6.07, 6.45) is 3.99. The Morgan fingerprint density at radius 2 is 2.00 bits per heavy atom. The van der Waals surface area contributed by atoms with E-state index in [0.29, 0.717) is 0 Å². The van der Waals surface area contributed by atoms with Crippen molar-refractivity contribution in [2.75, 3.05) is 26.7 Å². The SMILES string of the molecule is CC(C)CC(CN)CCN(C)CC1CC1C. The molecule has 1 saturated carbocycles. The summed E-state index contributed by atoms with van der Waals surface area (Å²) in [7, 11) is 2.26. The highest BCUT2D eigenvalue weighted by atomic mass is 15.1. The number of rotatable bonds is 8. The number of hydrogen-bond acceptors (Lipinski definition) is 2. The molecule has 0 amide bonds. The van der Waals surface area contributed by atoms with Gasteiger partial charge in [-0.2, -0.15) is 0 Å². The number of nitrogens with two attached hydrogens (primary N) is 1. The molecule has 1 aliphatic rings. The van der Waals surface area contributed by atoms with Gasteiger partial charge in [0.15, 0.2) is 0 Å². The molecule has 1 aliphatic carbocycles. The zero-order chi connectivity index (χ0) is 12.1. The average Bonchev–Trinajstić information content (AvgIpc) is 2.88. The van der Waals surface area contributed by atoms with Crippen molar-refractivity contribution >= 4 is 0 Å². The highest BCUT2D eigenvalue weighted by Gasteiger charge is 2.32. The lowest BCUT2D eigenvalue weighted by atomic mass is 9.94. The van der Waals surface area contributed by atoms with E-state index in [2.05, 4.69) is 32.7 Å². The number of nitrogens with zero attached hydrogens (tertiary/aromatic N) is 1. The largest absolute Gasteiger partial charge is 0.330 e. The Labute approximate surface area is 102 Å². The van der Waals surface area contributed by atoms with Crippen LogP contribution in [0.3, 0.4) is 0 Å². The Hall–Kier alpha value is -0.0800. The van der Waals surface area contributed by atoms with Gasteiger partial charge < -0.3 is 10.6 Å². The smallest absolute Gasteiger partial charge is 0.000926 e. The molecule has 0 aromatic rings. The fraction of sp³-hybridized carbons (Fsp3) is 1.00. The molecule has 0 aromatic carbocycles. The fourth-order valence-corrected chi connectivity index (χ4v) is 2.55. The van der Waals surface area contributed by atoms with E-state index in [1.807, 2.05) is 0 Å². The molecule has 2 N–H and O–H groups in total. The second-order valence-electron chi connectivity index (χ2n) is 6.26. The molecule has 0 heterocycles. The second-order valence-corrected chi connectivity index (χ2v) is 6.26. The third-order valence-corrected chi connectivity index (χ3v) is 3.88. The Bertz CT molecular complexity index is 191. The molecule has 16 heavy (non-hydrogen) atoms. The van der Waals surface area contributed by atoms with Gasteiger partial charge >= 0.3 is 0 Å². The van der Waals surface area contributed by atoms with Crippen molar-refractivity contribution in [3.63, 3.8) is 0 Å². The predicted octanol–water partition coefficient (Wildman–Crippen LogP) is 2.59. The molecule has 0 saturated heterocycles. The van der Waals surface area contributed by atoms with Crippen LogP contribution in [0.2, 0.25) is 0 Å². The van der Waals surface area contributed by atoms with Crippen molar-refractivity contribution in [3.8, 4) is 0 Å². The van der Waals surface area contributed by atoms with Gasteiger partial charge in [-0.05, 0) is 63.1 Å². The van der Waals surface area contributed by atoms with E-state index in [9.17, 15) is 0 Å². The van der Waals surface area contributed by atoms with E-state index in [0.717, 1.165) is 30.2 Å². The van der Waals surface area contributed by atoms with Gasteiger partial charge in [-0.3, -0.25) is 0 Å². The molecule has 0 radical (unpaired) electrons. The van der Waals surface area contributed by atoms with Crippen molar-refractivity contribution in [1.82, 2.24) is 4.90 Å². The van der Waals surface area contributed by atoms with Crippen LogP contribution < -0.4 is 5.73 Å². The molecule has 0 bridgehead atoms. The van der Waals surface area contributed by atoms with Crippen molar-refractivity contribution in [2.45, 2.75) is 40.0 Å². The highest BCUT2D eigenvalue weighted by Crippen LogP contribution is 2.37. The van der Waals surface area contributed by atoms with Crippen LogP contribution in [0.1, 0.15) is 40.0 Å². The summed E-state index contributed by atoms with van der Waals surface area (Å²) < 4.78 is 0. The summed E-state index contributed by atoms with van der Waals surface area (Å²) in [5.74, 6) is 3.45. The molecule has 0 aliphatic heterocycles. The highest BCUT2D eigenvalue weighted by molar-refractivity contribution is 4.84. The molecule has 1 rings (SSSR count). The Morgan fingerprint density at radius 3 is 2.44 bits per heavy atom. The van der Waals surface area contributed by atoms with E-state index in [4.69, 9.17) is 5.73 Å². The minimum Gasteiger partial charge on any atom is -0.330 e. The fourth-order valence-electron chi connectivity index (χ4n) is 2.55. The first-order valence-corrected chi connectivity index (χ1v) is 6.91. The second kappa shape index (κ2) is 6.61. The zero-order valence-corrected chi connectivity index (χ0v) is 11.6. The van der Waals surface area contributed by atoms with Crippen LogP contribution in [0.25, 0.3) is 0 Å². The van der Waals surface area contributed by atoms with Gasteiger partial charge in [0, 0.05) is 6.54 Å². The lowest BCUT2D eigenvalue weighted by Crippen LogP contribution is -2.27. The van der Waals surface area contributed by atoms with Crippen LogP contribution in [0.15, 0.2) is 0 Å². The van der Waals surface area contributed by atoms with Crippen LogP contribution in [-0.2, 0) is 0 Å². The van der Waals surface area contributed by atoms with E-state index in [-0.39, 0.29) is 0 Å². The van der Waals surface area contributed by atoms with Crippen molar-refractivity contribution in [2.24, 2.45) is 29.4 Å². The van der Waals surface area contributed by atoms with Gasteiger partial charge in [-0.15, -0.1) is 0 Å². The zero-order valence-electron chi connectivity index (χ0n) is 11.6. The summed E-state index contributed by atoms with van der Waals surface area (Å²) in [5, 5.41) is 0. The van der Waals surface area contributed by atoms with Crippen LogP contribution in [0.4, 0.5) is 0 Å². The molecule has 2 nitrogen and oxygen atoms in total. The summed E-state index contributed by atoms with van der Waals surface area (Å²) in [4.78, 5) is 2.50. The molecule has 3 unspecified atom stereocenters. The van der Waals surface area contributed by atoms with Crippen LogP contribution in [0.5, 0.6) is 0 Å². The Balaban J connectivity index is 2.10. The lowest BCUT2D eigenvalue weighted by Gasteiger charge is -2.22. The van der Waals surface area contributed by atoms with Gasteiger partial charge in [0.25, 0.3) is 0 Å². The van der Waals surface area contributed by atoms with Gasteiger partial charge in [-0.1, -0.05) is 20.8 Å². The minimum absolute atomic E-state index is 0.721. The predicted molar refractivity (Wildman–Crippen MR) is 71.4 cm³/mol. The standard InChI is InChI=1S/C14H30N2/c1-11(2)7-13(9-15)5-6-16(4)10-14-8-12(14)3/h11-14H,5-10,15H2,1-4H3. The topological polar surface area (TPSA) is 29.3 Å². The Morgan fingerprint density at radius 1 is 1.38 bits per heavy atom. The van der Waals surface area contributed by atoms with Crippen LogP contribution >= 0.6 is 0 Å². The first-order valence-electron chi connectivity index (χ1n) is 6.91. The Kier molecular flexibility index (Phi) is 5.77. The van der Waals surface area contributed by atoms with Gasteiger partial charge in [0.1, 0.15) is 0 Å². The van der Waals surface area contributed by atoms with E-state index < -0.39 is 0 Å². The van der Waals surface area contributed by atoms with Gasteiger partial charge in [-0.25, -0.2) is 0 Å². The van der Waals surface area contributed by atoms with Gasteiger partial charge in [0.2, 0.25) is 0 Å². The quantitative estimate of drug-likeness (QED) is 0.689. The normalized spacial score (nSPS) is 26.4. The molecule has 0 aromatic heterocycles.